The number of nitrogens with zero attached hydrogens (tertiary/aromatic N) is 1. The summed E-state index contributed by atoms with van der Waals surface area (Å²) >= 11 is 0. The number of hydrogen-bond acceptors (Lipinski definition) is 4. The molecule has 2 fully saturated rings. The van der Waals surface area contributed by atoms with Gasteiger partial charge in [-0.05, 0) is 55.5 Å². The summed E-state index contributed by atoms with van der Waals surface area (Å²) in [5.41, 5.74) is 4.19. The van der Waals surface area contributed by atoms with E-state index in [9.17, 15) is 9.18 Å². The molecule has 3 aliphatic rings. The number of morpholine rings is 1. The van der Waals surface area contributed by atoms with E-state index in [4.69, 9.17) is 4.74 Å². The van der Waals surface area contributed by atoms with Gasteiger partial charge in [-0.15, -0.1) is 0 Å². The molecule has 29 heavy (non-hydrogen) atoms. The summed E-state index contributed by atoms with van der Waals surface area (Å²) in [4.78, 5) is 15.3. The van der Waals surface area contributed by atoms with Crippen LogP contribution in [0.1, 0.15) is 24.0 Å². The standard InChI is InChI=1S/C23H26FN3O2/c1-14-5-8-19(24)18-12-20(26-22(14)18)23(28)25-16-3-2-4-17(11-16)27-9-10-29-13-21(27)15-6-7-15/h2-5,8,11,15,20-21,26H,6-7,9-10,12-13H2,1H3,(H,25,28). The van der Waals surface area contributed by atoms with Crippen molar-refractivity contribution in [1.29, 1.82) is 0 Å². The van der Waals surface area contributed by atoms with Gasteiger partial charge in [0.05, 0.1) is 19.3 Å². The predicted octanol–water partition coefficient (Wildman–Crippen LogP) is 3.72. The third-order valence-electron chi connectivity index (χ3n) is 6.28. The van der Waals surface area contributed by atoms with Crippen LogP contribution >= 0.6 is 0 Å². The Bertz CT molecular complexity index is 913. The number of anilines is 3. The van der Waals surface area contributed by atoms with E-state index >= 15 is 0 Å². The Balaban J connectivity index is 1.30. The van der Waals surface area contributed by atoms with Gasteiger partial charge < -0.3 is 20.3 Å². The Morgan fingerprint density at radius 1 is 1.28 bits per heavy atom. The van der Waals surface area contributed by atoms with Gasteiger partial charge in [-0.25, -0.2) is 4.39 Å². The fourth-order valence-corrected chi connectivity index (χ4v) is 4.53. The van der Waals surface area contributed by atoms with Crippen LogP contribution in [-0.4, -0.2) is 37.7 Å². The number of ether oxygens (including phenoxy) is 1. The van der Waals surface area contributed by atoms with E-state index in [1.165, 1.54) is 18.9 Å². The molecule has 0 bridgehead atoms. The second-order valence-electron chi connectivity index (χ2n) is 8.33. The van der Waals surface area contributed by atoms with Gasteiger partial charge in [0, 0.05) is 35.6 Å². The molecule has 2 atom stereocenters. The molecular formula is C23H26FN3O2. The molecule has 152 valence electrons. The summed E-state index contributed by atoms with van der Waals surface area (Å²) in [6.45, 7) is 4.30. The van der Waals surface area contributed by atoms with Crippen molar-refractivity contribution >= 4 is 23.0 Å². The normalized spacial score (nSPS) is 23.4. The van der Waals surface area contributed by atoms with Crippen molar-refractivity contribution in [2.45, 2.75) is 38.3 Å². The lowest BCUT2D eigenvalue weighted by molar-refractivity contribution is -0.116. The number of halogens is 1. The average Bonchev–Trinajstić information content (AvgIpc) is 3.48. The lowest BCUT2D eigenvalue weighted by Crippen LogP contribution is -2.46. The van der Waals surface area contributed by atoms with E-state index in [1.807, 2.05) is 25.1 Å². The van der Waals surface area contributed by atoms with Crippen LogP contribution in [0.4, 0.5) is 21.5 Å². The first-order chi connectivity index (χ1) is 14.1. The monoisotopic (exact) mass is 395 g/mol. The number of nitrogens with one attached hydrogen (secondary N) is 2. The Labute approximate surface area is 170 Å². The number of rotatable bonds is 4. The second kappa shape index (κ2) is 7.34. The zero-order chi connectivity index (χ0) is 20.0. The molecule has 1 saturated heterocycles. The molecule has 1 aliphatic carbocycles. The number of fused-ring (bicyclic) bond motifs is 1. The van der Waals surface area contributed by atoms with Crippen LogP contribution < -0.4 is 15.5 Å². The number of carbonyl (C=O) groups excluding carboxylic acids is 1. The molecule has 5 nitrogen and oxygen atoms in total. The molecule has 5 rings (SSSR count). The predicted molar refractivity (Wildman–Crippen MR) is 112 cm³/mol. The van der Waals surface area contributed by atoms with Crippen molar-refractivity contribution in [1.82, 2.24) is 0 Å². The minimum absolute atomic E-state index is 0.141. The van der Waals surface area contributed by atoms with Crippen molar-refractivity contribution in [3.63, 3.8) is 0 Å². The van der Waals surface area contributed by atoms with E-state index in [-0.39, 0.29) is 11.7 Å². The zero-order valence-electron chi connectivity index (χ0n) is 16.6. The summed E-state index contributed by atoms with van der Waals surface area (Å²) in [6.07, 6.45) is 2.90. The first-order valence-electron chi connectivity index (χ1n) is 10.4. The lowest BCUT2D eigenvalue weighted by Gasteiger charge is -2.38. The Hall–Kier alpha value is -2.60. The summed E-state index contributed by atoms with van der Waals surface area (Å²) in [5, 5.41) is 6.21. The number of aryl methyl sites for hydroxylation is 1. The van der Waals surface area contributed by atoms with Gasteiger partial charge in [0.25, 0.3) is 0 Å². The Kier molecular flexibility index (Phi) is 4.66. The van der Waals surface area contributed by atoms with Crippen LogP contribution in [0.15, 0.2) is 36.4 Å². The lowest BCUT2D eigenvalue weighted by atomic mass is 10.1. The summed E-state index contributed by atoms with van der Waals surface area (Å²) in [7, 11) is 0. The quantitative estimate of drug-likeness (QED) is 0.829. The Morgan fingerprint density at radius 3 is 2.93 bits per heavy atom. The molecule has 2 heterocycles. The van der Waals surface area contributed by atoms with Crippen LogP contribution in [0, 0.1) is 18.7 Å². The highest BCUT2D eigenvalue weighted by Crippen LogP contribution is 2.39. The molecule has 1 saturated carbocycles. The zero-order valence-corrected chi connectivity index (χ0v) is 16.6. The molecule has 0 spiro atoms. The summed E-state index contributed by atoms with van der Waals surface area (Å²) < 4.78 is 19.8. The van der Waals surface area contributed by atoms with E-state index in [0.717, 1.165) is 42.4 Å². The molecule has 2 aromatic carbocycles. The van der Waals surface area contributed by atoms with Crippen LogP contribution in [0.25, 0.3) is 0 Å². The van der Waals surface area contributed by atoms with Crippen molar-refractivity contribution in [2.24, 2.45) is 5.92 Å². The second-order valence-corrected chi connectivity index (χ2v) is 8.33. The smallest absolute Gasteiger partial charge is 0.247 e. The maximum atomic E-state index is 14.1. The van der Waals surface area contributed by atoms with E-state index in [2.05, 4.69) is 21.6 Å². The largest absolute Gasteiger partial charge is 0.377 e. The Morgan fingerprint density at radius 2 is 2.14 bits per heavy atom. The van der Waals surface area contributed by atoms with Crippen molar-refractivity contribution in [3.8, 4) is 0 Å². The van der Waals surface area contributed by atoms with Gasteiger partial charge in [0.15, 0.2) is 0 Å². The first-order valence-corrected chi connectivity index (χ1v) is 10.4. The van der Waals surface area contributed by atoms with Crippen molar-refractivity contribution < 1.29 is 13.9 Å². The molecule has 0 aromatic heterocycles. The SMILES string of the molecule is Cc1ccc(F)c2c1NC(C(=O)Nc1cccc(N3CCOCC3C3CC3)c1)C2. The highest BCUT2D eigenvalue weighted by atomic mass is 19.1. The van der Waals surface area contributed by atoms with Gasteiger partial charge in [-0.1, -0.05) is 12.1 Å². The average molecular weight is 395 g/mol. The van der Waals surface area contributed by atoms with Crippen LogP contribution in [0.3, 0.4) is 0 Å². The molecule has 2 aliphatic heterocycles. The topological polar surface area (TPSA) is 53.6 Å². The summed E-state index contributed by atoms with van der Waals surface area (Å²) in [6, 6.07) is 11.2. The van der Waals surface area contributed by atoms with E-state index in [1.54, 1.807) is 6.07 Å². The number of hydrogen-bond donors (Lipinski definition) is 2. The van der Waals surface area contributed by atoms with E-state index in [0.29, 0.717) is 23.9 Å². The van der Waals surface area contributed by atoms with Crippen LogP contribution in [-0.2, 0) is 16.0 Å². The minimum Gasteiger partial charge on any atom is -0.377 e. The molecule has 2 aromatic rings. The van der Waals surface area contributed by atoms with Gasteiger partial charge >= 0.3 is 0 Å². The van der Waals surface area contributed by atoms with Gasteiger partial charge in [-0.2, -0.15) is 0 Å². The van der Waals surface area contributed by atoms with Crippen LogP contribution in [0.2, 0.25) is 0 Å². The maximum Gasteiger partial charge on any atom is 0.247 e. The molecular weight excluding hydrogens is 369 g/mol. The number of amides is 1. The van der Waals surface area contributed by atoms with Gasteiger partial charge in [-0.3, -0.25) is 4.79 Å². The maximum absolute atomic E-state index is 14.1. The minimum atomic E-state index is -0.466. The number of carbonyl (C=O) groups is 1. The molecule has 2 N–H and O–H groups in total. The van der Waals surface area contributed by atoms with Crippen molar-refractivity contribution in [3.05, 3.63) is 53.3 Å². The van der Waals surface area contributed by atoms with Crippen molar-refractivity contribution in [2.75, 3.05) is 35.3 Å². The number of benzene rings is 2. The molecule has 1 amide bonds. The van der Waals surface area contributed by atoms with Gasteiger partial charge in [0.1, 0.15) is 11.9 Å². The highest BCUT2D eigenvalue weighted by Gasteiger charge is 2.37. The fourth-order valence-electron chi connectivity index (χ4n) is 4.53. The molecule has 0 radical (unpaired) electrons. The first kappa shape index (κ1) is 18.4. The third kappa shape index (κ3) is 3.57. The van der Waals surface area contributed by atoms with E-state index < -0.39 is 6.04 Å². The van der Waals surface area contributed by atoms with Crippen LogP contribution in [0.5, 0.6) is 0 Å². The van der Waals surface area contributed by atoms with Gasteiger partial charge in [0.2, 0.25) is 5.91 Å². The highest BCUT2D eigenvalue weighted by molar-refractivity contribution is 5.98. The summed E-state index contributed by atoms with van der Waals surface area (Å²) in [5.74, 6) is 0.319. The molecule has 2 unspecified atom stereocenters. The molecule has 6 heteroatoms. The third-order valence-corrected chi connectivity index (χ3v) is 6.28. The fraction of sp³-hybridized carbons (Fsp3) is 0.435.